The molecule has 2 aliphatic carbocycles. The van der Waals surface area contributed by atoms with Crippen molar-refractivity contribution in [1.29, 1.82) is 0 Å². The van der Waals surface area contributed by atoms with Crippen molar-refractivity contribution >= 4 is 29.6 Å². The molecule has 4 rings (SSSR count). The van der Waals surface area contributed by atoms with E-state index in [4.69, 9.17) is 11.6 Å². The fourth-order valence-electron chi connectivity index (χ4n) is 3.67. The Kier molecular flexibility index (Phi) is 2.76. The van der Waals surface area contributed by atoms with E-state index in [0.717, 1.165) is 17.0 Å². The Balaban J connectivity index is 1.58. The number of hydrogen-bond acceptors (Lipinski definition) is 3. The van der Waals surface area contributed by atoms with Gasteiger partial charge in [-0.05, 0) is 36.0 Å². The maximum Gasteiger partial charge on any atom is 0.254 e. The first kappa shape index (κ1) is 12.8. The highest BCUT2D eigenvalue weighted by Gasteiger charge is 2.59. The summed E-state index contributed by atoms with van der Waals surface area (Å²) in [5.41, 5.74) is 0.804. The van der Waals surface area contributed by atoms with Crippen LogP contribution in [0.4, 0.5) is 0 Å². The lowest BCUT2D eigenvalue weighted by Gasteiger charge is -2.13. The van der Waals surface area contributed by atoms with Crippen molar-refractivity contribution in [3.8, 4) is 0 Å². The van der Waals surface area contributed by atoms with Crippen molar-refractivity contribution in [2.45, 2.75) is 6.42 Å². The molecule has 4 nitrogen and oxygen atoms in total. The smallest absolute Gasteiger partial charge is 0.254 e. The molecule has 1 aromatic carbocycles. The lowest BCUT2D eigenvalue weighted by Crippen LogP contribution is -2.28. The van der Waals surface area contributed by atoms with E-state index in [1.165, 1.54) is 6.21 Å². The zero-order valence-electron chi connectivity index (χ0n) is 11.1. The third-order valence-corrected chi connectivity index (χ3v) is 4.89. The summed E-state index contributed by atoms with van der Waals surface area (Å²) in [6, 6.07) is 7.08. The maximum absolute atomic E-state index is 12.4. The minimum Gasteiger partial charge on any atom is -0.272 e. The second kappa shape index (κ2) is 4.53. The summed E-state index contributed by atoms with van der Waals surface area (Å²) in [5.74, 6) is -0.289. The van der Waals surface area contributed by atoms with Gasteiger partial charge in [-0.3, -0.25) is 9.59 Å². The number of nitrogens with zero attached hydrogens (tertiary/aromatic N) is 2. The number of fused-ring (bicyclic) bond motifs is 5. The van der Waals surface area contributed by atoms with Crippen LogP contribution < -0.4 is 0 Å². The molecule has 1 saturated heterocycles. The van der Waals surface area contributed by atoms with Gasteiger partial charge in [0.25, 0.3) is 11.8 Å². The molecule has 1 aliphatic heterocycles. The minimum atomic E-state index is -0.199. The molecule has 0 unspecified atom stereocenters. The number of carbonyl (C=O) groups excluding carboxylic acids is 2. The third kappa shape index (κ3) is 1.86. The highest BCUT2D eigenvalue weighted by atomic mass is 35.5. The van der Waals surface area contributed by atoms with Crippen molar-refractivity contribution in [2.24, 2.45) is 28.8 Å². The van der Waals surface area contributed by atoms with Gasteiger partial charge in [-0.25, -0.2) is 0 Å². The van der Waals surface area contributed by atoms with E-state index in [9.17, 15) is 9.59 Å². The van der Waals surface area contributed by atoms with E-state index in [2.05, 4.69) is 17.3 Å². The Morgan fingerprint density at radius 3 is 2.19 bits per heavy atom. The number of hydrogen-bond donors (Lipinski definition) is 0. The fourth-order valence-corrected chi connectivity index (χ4v) is 3.80. The monoisotopic (exact) mass is 300 g/mol. The molecule has 1 aromatic rings. The van der Waals surface area contributed by atoms with Crippen molar-refractivity contribution < 1.29 is 9.59 Å². The molecule has 2 amide bonds. The Labute approximate surface area is 127 Å². The number of allylic oxidation sites excluding steroid dienone is 2. The Morgan fingerprint density at radius 2 is 1.62 bits per heavy atom. The predicted molar refractivity (Wildman–Crippen MR) is 78.6 cm³/mol. The number of carbonyl (C=O) groups is 2. The van der Waals surface area contributed by atoms with Crippen LogP contribution in [0.25, 0.3) is 0 Å². The van der Waals surface area contributed by atoms with E-state index in [1.807, 2.05) is 0 Å². The first-order valence-corrected chi connectivity index (χ1v) is 7.38. The second-order valence-corrected chi connectivity index (χ2v) is 6.22. The molecule has 1 heterocycles. The van der Waals surface area contributed by atoms with Gasteiger partial charge in [0.05, 0.1) is 18.1 Å². The van der Waals surface area contributed by atoms with Crippen molar-refractivity contribution in [1.82, 2.24) is 5.01 Å². The molecule has 21 heavy (non-hydrogen) atoms. The van der Waals surface area contributed by atoms with Crippen LogP contribution in [0.1, 0.15) is 12.0 Å². The molecule has 1 saturated carbocycles. The number of amides is 2. The van der Waals surface area contributed by atoms with Gasteiger partial charge in [-0.1, -0.05) is 35.9 Å². The average molecular weight is 301 g/mol. The SMILES string of the molecule is O=C1[C@@H]2[C@H](C(=O)N1/N=C\c1ccc(Cl)cc1)[C@@H]1C=C[C@H]2C1. The number of halogens is 1. The van der Waals surface area contributed by atoms with Crippen LogP contribution in [0.5, 0.6) is 0 Å². The molecule has 4 atom stereocenters. The van der Waals surface area contributed by atoms with Gasteiger partial charge in [0.2, 0.25) is 0 Å². The van der Waals surface area contributed by atoms with E-state index in [0.29, 0.717) is 5.02 Å². The highest BCUT2D eigenvalue weighted by molar-refractivity contribution is 6.30. The predicted octanol–water partition coefficient (Wildman–Crippen LogP) is 2.48. The van der Waals surface area contributed by atoms with Crippen LogP contribution in [0.3, 0.4) is 0 Å². The van der Waals surface area contributed by atoms with E-state index < -0.39 is 0 Å². The topological polar surface area (TPSA) is 49.7 Å². The Hall–Kier alpha value is -1.94. The maximum atomic E-state index is 12.4. The van der Waals surface area contributed by atoms with E-state index in [-0.39, 0.29) is 35.5 Å². The van der Waals surface area contributed by atoms with Gasteiger partial charge in [0.1, 0.15) is 0 Å². The molecule has 0 spiro atoms. The summed E-state index contributed by atoms with van der Waals surface area (Å²) in [6.45, 7) is 0. The molecular weight excluding hydrogens is 288 g/mol. The average Bonchev–Trinajstić information content (AvgIpc) is 3.14. The summed E-state index contributed by atoms with van der Waals surface area (Å²) in [7, 11) is 0. The van der Waals surface area contributed by atoms with Crippen molar-refractivity contribution in [3.63, 3.8) is 0 Å². The zero-order chi connectivity index (χ0) is 14.6. The van der Waals surface area contributed by atoms with Crippen LogP contribution in [-0.4, -0.2) is 23.0 Å². The number of benzene rings is 1. The number of rotatable bonds is 2. The molecule has 2 fully saturated rings. The lowest BCUT2D eigenvalue weighted by molar-refractivity contribution is -0.140. The Morgan fingerprint density at radius 1 is 1.05 bits per heavy atom. The van der Waals surface area contributed by atoms with Gasteiger partial charge in [-0.2, -0.15) is 10.1 Å². The van der Waals surface area contributed by atoms with Crippen molar-refractivity contribution in [3.05, 3.63) is 47.0 Å². The molecule has 0 radical (unpaired) electrons. The lowest BCUT2D eigenvalue weighted by atomic mass is 9.85. The zero-order valence-corrected chi connectivity index (χ0v) is 11.9. The first-order valence-electron chi connectivity index (χ1n) is 7.01. The van der Waals surface area contributed by atoms with Gasteiger partial charge in [0.15, 0.2) is 0 Å². The van der Waals surface area contributed by atoms with Crippen LogP contribution >= 0.6 is 11.6 Å². The quantitative estimate of drug-likeness (QED) is 0.479. The van der Waals surface area contributed by atoms with Gasteiger partial charge in [0, 0.05) is 5.02 Å². The summed E-state index contributed by atoms with van der Waals surface area (Å²) in [6.07, 6.45) is 6.61. The summed E-state index contributed by atoms with van der Waals surface area (Å²) in [5, 5.41) is 5.79. The highest BCUT2D eigenvalue weighted by Crippen LogP contribution is 2.52. The van der Waals surface area contributed by atoms with Gasteiger partial charge < -0.3 is 0 Å². The molecule has 106 valence electrons. The molecular formula is C16H13ClN2O2. The normalized spacial score (nSPS) is 33.5. The molecule has 0 N–H and O–H groups in total. The summed E-state index contributed by atoms with van der Waals surface area (Å²) < 4.78 is 0. The third-order valence-electron chi connectivity index (χ3n) is 4.64. The van der Waals surface area contributed by atoms with E-state index in [1.54, 1.807) is 24.3 Å². The summed E-state index contributed by atoms with van der Waals surface area (Å²) >= 11 is 5.82. The molecule has 3 aliphatic rings. The van der Waals surface area contributed by atoms with Crippen LogP contribution in [0.2, 0.25) is 5.02 Å². The first-order chi connectivity index (χ1) is 10.1. The van der Waals surface area contributed by atoms with Gasteiger partial charge in [-0.15, -0.1) is 0 Å². The second-order valence-electron chi connectivity index (χ2n) is 5.78. The molecule has 2 bridgehead atoms. The summed E-state index contributed by atoms with van der Waals surface area (Å²) in [4.78, 5) is 24.8. The van der Waals surface area contributed by atoms with Crippen LogP contribution in [0.15, 0.2) is 41.5 Å². The fraction of sp³-hybridized carbons (Fsp3) is 0.312. The van der Waals surface area contributed by atoms with Crippen LogP contribution in [-0.2, 0) is 9.59 Å². The van der Waals surface area contributed by atoms with Crippen molar-refractivity contribution in [2.75, 3.05) is 0 Å². The standard InChI is InChI=1S/C16H13ClN2O2/c17-12-5-1-9(2-6-12)8-18-19-15(20)13-10-3-4-11(7-10)14(13)16(19)21/h1-6,8,10-11,13-14H,7H2/b18-8-/t10-,11+,13-,14+. The molecule has 0 aromatic heterocycles. The number of hydrazone groups is 1. The molecule has 5 heteroatoms. The minimum absolute atomic E-state index is 0.160. The Bertz CT molecular complexity index is 650. The largest absolute Gasteiger partial charge is 0.272 e. The van der Waals surface area contributed by atoms with Crippen LogP contribution in [0, 0.1) is 23.7 Å². The van der Waals surface area contributed by atoms with Gasteiger partial charge >= 0.3 is 0 Å². The van der Waals surface area contributed by atoms with E-state index >= 15 is 0 Å². The number of imide groups is 1.